The molecule has 0 saturated heterocycles. The average Bonchev–Trinajstić information content (AvgIpc) is 2.79. The number of nitrogens with two attached hydrogens (primary N) is 1. The van der Waals surface area contributed by atoms with Gasteiger partial charge in [0.25, 0.3) is 6.54 Å². The molecule has 94 valence electrons. The van der Waals surface area contributed by atoms with E-state index in [1.165, 1.54) is 0 Å². The predicted octanol–water partition coefficient (Wildman–Crippen LogP) is -0.129. The van der Waals surface area contributed by atoms with Crippen LogP contribution < -0.4 is 11.3 Å². The number of aryl methyl sites for hydroxylation is 1. The van der Waals surface area contributed by atoms with Crippen LogP contribution in [0.1, 0.15) is 18.5 Å². The Kier molecular flexibility index (Phi) is 5.66. The number of aromatic nitrogens is 2. The van der Waals surface area contributed by atoms with Crippen molar-refractivity contribution in [2.75, 3.05) is 13.1 Å². The Morgan fingerprint density at radius 2 is 2.47 bits per heavy atom. The number of H-pyrrole nitrogens is 1. The van der Waals surface area contributed by atoms with E-state index >= 15 is 0 Å². The van der Waals surface area contributed by atoms with Gasteiger partial charge in [-0.15, -0.1) is 0 Å². The van der Waals surface area contributed by atoms with E-state index in [1.54, 1.807) is 12.5 Å². The number of aromatic amines is 1. The van der Waals surface area contributed by atoms with Crippen LogP contribution in [0.25, 0.3) is 0 Å². The molecule has 0 aromatic carbocycles. The fraction of sp³-hybridized carbons (Fsp3) is 0.556. The van der Waals surface area contributed by atoms with Gasteiger partial charge >= 0.3 is 0 Å². The normalized spacial score (nSPS) is 11.5. The molecule has 0 aliphatic heterocycles. The first kappa shape index (κ1) is 13.1. The molecular formula is C9H16N6O2. The highest BCUT2D eigenvalue weighted by Crippen LogP contribution is 2.00. The number of nitrogens with one attached hydrogen (secondary N) is 2. The van der Waals surface area contributed by atoms with Gasteiger partial charge in [0.05, 0.1) is 6.33 Å². The minimum Gasteiger partial charge on any atom is -0.348 e. The zero-order chi connectivity index (χ0) is 12.5. The quantitative estimate of drug-likeness (QED) is 0.153. The molecule has 0 unspecified atom stereocenters. The Bertz CT molecular complexity index is 362. The summed E-state index contributed by atoms with van der Waals surface area (Å²) in [5.74, 6) is 5.32. The fourth-order valence-electron chi connectivity index (χ4n) is 1.33. The van der Waals surface area contributed by atoms with Crippen LogP contribution in [-0.4, -0.2) is 33.8 Å². The van der Waals surface area contributed by atoms with Gasteiger partial charge in [0.15, 0.2) is 5.84 Å². The summed E-state index contributed by atoms with van der Waals surface area (Å²) < 4.78 is 0. The standard InChI is InChI=1S/C9H16N6O2/c10-14-9(6-15(16)17)12-4-2-1-3-8-5-11-7-13-8/h5,7H,1-4,6,10H2,(H,11,13)(H,12,14). The molecule has 0 bridgehead atoms. The Morgan fingerprint density at radius 1 is 1.65 bits per heavy atom. The van der Waals surface area contributed by atoms with Gasteiger partial charge in [-0.1, -0.05) is 0 Å². The van der Waals surface area contributed by atoms with Gasteiger partial charge in [0.2, 0.25) is 0 Å². The molecule has 4 N–H and O–H groups in total. The maximum absolute atomic E-state index is 10.2. The van der Waals surface area contributed by atoms with E-state index in [4.69, 9.17) is 5.84 Å². The highest BCUT2D eigenvalue weighted by atomic mass is 16.6. The lowest BCUT2D eigenvalue weighted by molar-refractivity contribution is -0.463. The molecule has 0 spiro atoms. The second kappa shape index (κ2) is 7.34. The van der Waals surface area contributed by atoms with Crippen molar-refractivity contribution >= 4 is 5.84 Å². The largest absolute Gasteiger partial charge is 0.348 e. The summed E-state index contributed by atoms with van der Waals surface area (Å²) >= 11 is 0. The van der Waals surface area contributed by atoms with Crippen LogP contribution in [-0.2, 0) is 6.42 Å². The molecule has 0 aliphatic carbocycles. The molecule has 1 rings (SSSR count). The first-order chi connectivity index (χ1) is 8.22. The molecule has 0 radical (unpaired) electrons. The average molecular weight is 240 g/mol. The van der Waals surface area contributed by atoms with Gasteiger partial charge in [0, 0.05) is 23.4 Å². The van der Waals surface area contributed by atoms with Crippen LogP contribution in [0.5, 0.6) is 0 Å². The van der Waals surface area contributed by atoms with Gasteiger partial charge < -0.3 is 10.4 Å². The predicted molar refractivity (Wildman–Crippen MR) is 63.0 cm³/mol. The van der Waals surface area contributed by atoms with Crippen molar-refractivity contribution in [3.63, 3.8) is 0 Å². The van der Waals surface area contributed by atoms with Gasteiger partial charge in [-0.25, -0.2) is 10.8 Å². The van der Waals surface area contributed by atoms with E-state index in [9.17, 15) is 10.1 Å². The Morgan fingerprint density at radius 3 is 3.06 bits per heavy atom. The highest BCUT2D eigenvalue weighted by molar-refractivity contribution is 5.82. The SMILES string of the molecule is NNC(C[N+](=O)[O-])=NCCCCc1cnc[nH]1. The van der Waals surface area contributed by atoms with Crippen LogP contribution in [0.4, 0.5) is 0 Å². The van der Waals surface area contributed by atoms with Crippen molar-refractivity contribution < 1.29 is 4.92 Å². The molecule has 0 saturated carbocycles. The van der Waals surface area contributed by atoms with Gasteiger partial charge in [-0.3, -0.25) is 15.1 Å². The van der Waals surface area contributed by atoms with E-state index < -0.39 is 4.92 Å². The molecular weight excluding hydrogens is 224 g/mol. The number of amidine groups is 1. The number of unbranched alkanes of at least 4 members (excludes halogenated alkanes) is 1. The number of rotatable bonds is 7. The topological polar surface area (TPSA) is 122 Å². The Hall–Kier alpha value is -1.96. The second-order valence-electron chi connectivity index (χ2n) is 3.50. The zero-order valence-corrected chi connectivity index (χ0v) is 9.43. The molecule has 0 amide bonds. The Labute approximate surface area is 98.5 Å². The van der Waals surface area contributed by atoms with Gasteiger partial charge in [-0.2, -0.15) is 0 Å². The Balaban J connectivity index is 2.17. The molecule has 0 fully saturated rings. The summed E-state index contributed by atoms with van der Waals surface area (Å²) in [6.45, 7) is 0.165. The molecule has 1 aromatic rings. The first-order valence-electron chi connectivity index (χ1n) is 5.31. The maximum atomic E-state index is 10.2. The fourth-order valence-corrected chi connectivity index (χ4v) is 1.33. The van der Waals surface area contributed by atoms with E-state index in [1.807, 2.05) is 0 Å². The number of nitro groups is 1. The summed E-state index contributed by atoms with van der Waals surface area (Å²) in [4.78, 5) is 20.7. The minimum atomic E-state index is -0.469. The highest BCUT2D eigenvalue weighted by Gasteiger charge is 2.04. The molecule has 17 heavy (non-hydrogen) atoms. The van der Waals surface area contributed by atoms with Crippen LogP contribution in [0.2, 0.25) is 0 Å². The zero-order valence-electron chi connectivity index (χ0n) is 9.43. The summed E-state index contributed by atoms with van der Waals surface area (Å²) in [5.41, 5.74) is 3.31. The summed E-state index contributed by atoms with van der Waals surface area (Å²) in [6.07, 6.45) is 6.12. The van der Waals surface area contributed by atoms with E-state index in [-0.39, 0.29) is 12.4 Å². The summed E-state index contributed by atoms with van der Waals surface area (Å²) in [5, 5.41) is 10.2. The molecule has 1 heterocycles. The van der Waals surface area contributed by atoms with Crippen LogP contribution in [0.3, 0.4) is 0 Å². The van der Waals surface area contributed by atoms with Crippen molar-refractivity contribution in [2.24, 2.45) is 10.8 Å². The lowest BCUT2D eigenvalue weighted by Gasteiger charge is -2.00. The van der Waals surface area contributed by atoms with Gasteiger partial charge in [-0.05, 0) is 19.3 Å². The molecule has 1 aromatic heterocycles. The number of aliphatic imine (C=N–C) groups is 1. The van der Waals surface area contributed by atoms with Crippen molar-refractivity contribution in [2.45, 2.75) is 19.3 Å². The lowest BCUT2D eigenvalue weighted by atomic mass is 10.2. The van der Waals surface area contributed by atoms with E-state index in [0.29, 0.717) is 6.54 Å². The molecule has 8 nitrogen and oxygen atoms in total. The number of imidazole rings is 1. The monoisotopic (exact) mass is 240 g/mol. The second-order valence-corrected chi connectivity index (χ2v) is 3.50. The number of hydrazine groups is 1. The molecule has 0 atom stereocenters. The summed E-state index contributed by atoms with van der Waals surface area (Å²) in [7, 11) is 0. The number of hydrogen-bond acceptors (Lipinski definition) is 5. The van der Waals surface area contributed by atoms with E-state index in [2.05, 4.69) is 20.4 Å². The van der Waals surface area contributed by atoms with Crippen LogP contribution in [0, 0.1) is 10.1 Å². The molecule has 0 aliphatic rings. The first-order valence-corrected chi connectivity index (χ1v) is 5.31. The van der Waals surface area contributed by atoms with Crippen molar-refractivity contribution in [3.05, 3.63) is 28.3 Å². The molecule has 8 heteroatoms. The summed E-state index contributed by atoms with van der Waals surface area (Å²) in [6, 6.07) is 0. The van der Waals surface area contributed by atoms with Gasteiger partial charge in [0.1, 0.15) is 0 Å². The van der Waals surface area contributed by atoms with Crippen LogP contribution >= 0.6 is 0 Å². The van der Waals surface area contributed by atoms with Crippen molar-refractivity contribution in [1.82, 2.24) is 15.4 Å². The third-order valence-electron chi connectivity index (χ3n) is 2.16. The lowest BCUT2D eigenvalue weighted by Crippen LogP contribution is -2.35. The number of hydrogen-bond donors (Lipinski definition) is 3. The minimum absolute atomic E-state index is 0.205. The smallest absolute Gasteiger partial charge is 0.261 e. The third-order valence-corrected chi connectivity index (χ3v) is 2.16. The van der Waals surface area contributed by atoms with Crippen molar-refractivity contribution in [3.8, 4) is 0 Å². The maximum Gasteiger partial charge on any atom is 0.261 e. The number of nitrogens with zero attached hydrogens (tertiary/aromatic N) is 3. The van der Waals surface area contributed by atoms with Crippen LogP contribution in [0.15, 0.2) is 17.5 Å². The third kappa shape index (κ3) is 5.61. The van der Waals surface area contributed by atoms with Crippen molar-refractivity contribution in [1.29, 1.82) is 0 Å². The van der Waals surface area contributed by atoms with E-state index in [0.717, 1.165) is 25.0 Å².